The van der Waals surface area contributed by atoms with Gasteiger partial charge in [-0.3, -0.25) is 0 Å². The molecular formula is C10H19NO2. The number of carbonyl (C=O) groups excluding carboxylic acids is 1. The normalized spacial score (nSPS) is 33.8. The SMILES string of the molecule is CC(C)[C@@H]1NC(=O)O[C@]1(C)C(C)C. The van der Waals surface area contributed by atoms with Crippen molar-refractivity contribution in [2.24, 2.45) is 11.8 Å². The fourth-order valence-corrected chi connectivity index (χ4v) is 1.87. The summed E-state index contributed by atoms with van der Waals surface area (Å²) in [5.74, 6) is 0.734. The van der Waals surface area contributed by atoms with Crippen molar-refractivity contribution < 1.29 is 9.53 Å². The Kier molecular flexibility index (Phi) is 2.55. The van der Waals surface area contributed by atoms with E-state index in [4.69, 9.17) is 4.74 Å². The second kappa shape index (κ2) is 3.20. The van der Waals surface area contributed by atoms with Crippen molar-refractivity contribution in [3.63, 3.8) is 0 Å². The average molecular weight is 185 g/mol. The number of alkyl carbamates (subject to hydrolysis) is 1. The Morgan fingerprint density at radius 1 is 1.38 bits per heavy atom. The maximum Gasteiger partial charge on any atom is 0.408 e. The number of rotatable bonds is 2. The van der Waals surface area contributed by atoms with Crippen LogP contribution in [0.15, 0.2) is 0 Å². The fraction of sp³-hybridized carbons (Fsp3) is 0.900. The minimum absolute atomic E-state index is 0.125. The van der Waals surface area contributed by atoms with E-state index in [0.717, 1.165) is 0 Å². The number of cyclic esters (lactones) is 1. The maximum absolute atomic E-state index is 11.1. The Morgan fingerprint density at radius 2 is 1.92 bits per heavy atom. The van der Waals surface area contributed by atoms with E-state index in [1.54, 1.807) is 0 Å². The largest absolute Gasteiger partial charge is 0.441 e. The fourth-order valence-electron chi connectivity index (χ4n) is 1.87. The standard InChI is InChI=1S/C10H19NO2/c1-6(2)8-10(5,7(3)4)13-9(12)11-8/h6-8H,1-5H3,(H,11,12)/t8-,10+/m0/s1. The summed E-state index contributed by atoms with van der Waals surface area (Å²) in [6.45, 7) is 10.4. The first-order valence-electron chi connectivity index (χ1n) is 4.87. The molecule has 2 atom stereocenters. The predicted molar refractivity (Wildman–Crippen MR) is 51.5 cm³/mol. The molecule has 1 saturated heterocycles. The van der Waals surface area contributed by atoms with Gasteiger partial charge < -0.3 is 10.1 Å². The molecule has 76 valence electrons. The summed E-state index contributed by atoms with van der Waals surface area (Å²) in [7, 11) is 0. The molecule has 0 bridgehead atoms. The third-order valence-electron chi connectivity index (χ3n) is 3.02. The van der Waals surface area contributed by atoms with Crippen molar-refractivity contribution in [1.82, 2.24) is 5.32 Å². The van der Waals surface area contributed by atoms with Crippen LogP contribution in [-0.2, 0) is 4.74 Å². The van der Waals surface area contributed by atoms with Crippen LogP contribution in [-0.4, -0.2) is 17.7 Å². The van der Waals surface area contributed by atoms with Crippen molar-refractivity contribution in [2.75, 3.05) is 0 Å². The number of carbonyl (C=O) groups is 1. The summed E-state index contributed by atoms with van der Waals surface area (Å²) in [5.41, 5.74) is -0.356. The van der Waals surface area contributed by atoms with Gasteiger partial charge in [-0.05, 0) is 18.8 Å². The second-order valence-corrected chi connectivity index (χ2v) is 4.59. The summed E-state index contributed by atoms with van der Waals surface area (Å²) in [5, 5.41) is 2.86. The second-order valence-electron chi connectivity index (χ2n) is 4.59. The lowest BCUT2D eigenvalue weighted by atomic mass is 9.80. The van der Waals surface area contributed by atoms with Gasteiger partial charge in [-0.1, -0.05) is 27.7 Å². The molecule has 1 fully saturated rings. The quantitative estimate of drug-likeness (QED) is 0.716. The van der Waals surface area contributed by atoms with Crippen LogP contribution in [0.5, 0.6) is 0 Å². The number of nitrogens with one attached hydrogen (secondary N) is 1. The van der Waals surface area contributed by atoms with E-state index in [0.29, 0.717) is 11.8 Å². The highest BCUT2D eigenvalue weighted by molar-refractivity contribution is 5.71. The van der Waals surface area contributed by atoms with Crippen LogP contribution in [0.1, 0.15) is 34.6 Å². The molecule has 1 aliphatic heterocycles. The molecule has 0 saturated carbocycles. The molecule has 1 aliphatic rings. The Labute approximate surface area is 79.8 Å². The highest BCUT2D eigenvalue weighted by Gasteiger charge is 2.48. The van der Waals surface area contributed by atoms with Gasteiger partial charge >= 0.3 is 6.09 Å². The molecule has 1 rings (SSSR count). The van der Waals surface area contributed by atoms with Gasteiger partial charge in [-0.25, -0.2) is 4.79 Å². The van der Waals surface area contributed by atoms with E-state index in [1.165, 1.54) is 0 Å². The molecular weight excluding hydrogens is 166 g/mol. The molecule has 3 nitrogen and oxygen atoms in total. The van der Waals surface area contributed by atoms with Crippen molar-refractivity contribution in [3.8, 4) is 0 Å². The molecule has 0 aromatic rings. The lowest BCUT2D eigenvalue weighted by molar-refractivity contribution is 0.00331. The molecule has 1 N–H and O–H groups in total. The van der Waals surface area contributed by atoms with Crippen molar-refractivity contribution in [2.45, 2.75) is 46.3 Å². The minimum atomic E-state index is -0.356. The Bertz CT molecular complexity index is 213. The molecule has 0 aliphatic carbocycles. The first-order chi connectivity index (χ1) is 5.88. The maximum atomic E-state index is 11.1. The number of amides is 1. The zero-order valence-corrected chi connectivity index (χ0v) is 9.05. The first kappa shape index (κ1) is 10.4. The van der Waals surface area contributed by atoms with Crippen LogP contribution in [0.2, 0.25) is 0 Å². The zero-order chi connectivity index (χ0) is 10.2. The van der Waals surface area contributed by atoms with E-state index in [-0.39, 0.29) is 17.7 Å². The third kappa shape index (κ3) is 1.64. The van der Waals surface area contributed by atoms with E-state index in [1.807, 2.05) is 6.92 Å². The smallest absolute Gasteiger partial charge is 0.408 e. The van der Waals surface area contributed by atoms with Crippen molar-refractivity contribution in [1.29, 1.82) is 0 Å². The topological polar surface area (TPSA) is 38.3 Å². The van der Waals surface area contributed by atoms with E-state index < -0.39 is 0 Å². The van der Waals surface area contributed by atoms with Crippen LogP contribution in [0.4, 0.5) is 4.79 Å². The molecule has 1 amide bonds. The van der Waals surface area contributed by atoms with Crippen LogP contribution >= 0.6 is 0 Å². The first-order valence-corrected chi connectivity index (χ1v) is 4.87. The highest BCUT2D eigenvalue weighted by Crippen LogP contribution is 2.33. The Balaban J connectivity index is 2.88. The summed E-state index contributed by atoms with van der Waals surface area (Å²) in [4.78, 5) is 11.1. The summed E-state index contributed by atoms with van der Waals surface area (Å²) in [6.07, 6.45) is -0.282. The van der Waals surface area contributed by atoms with Crippen LogP contribution in [0, 0.1) is 11.8 Å². The average Bonchev–Trinajstić information content (AvgIpc) is 2.27. The molecule has 0 radical (unpaired) electrons. The zero-order valence-electron chi connectivity index (χ0n) is 9.05. The van der Waals surface area contributed by atoms with Crippen molar-refractivity contribution >= 4 is 6.09 Å². The van der Waals surface area contributed by atoms with Crippen LogP contribution in [0.25, 0.3) is 0 Å². The minimum Gasteiger partial charge on any atom is -0.441 e. The monoisotopic (exact) mass is 185 g/mol. The Morgan fingerprint density at radius 3 is 2.23 bits per heavy atom. The molecule has 3 heteroatoms. The van der Waals surface area contributed by atoms with Crippen LogP contribution < -0.4 is 5.32 Å². The molecule has 13 heavy (non-hydrogen) atoms. The molecule has 0 aromatic heterocycles. The van der Waals surface area contributed by atoms with Gasteiger partial charge in [0.2, 0.25) is 0 Å². The highest BCUT2D eigenvalue weighted by atomic mass is 16.6. The van der Waals surface area contributed by atoms with E-state index >= 15 is 0 Å². The lowest BCUT2D eigenvalue weighted by Crippen LogP contribution is -2.48. The van der Waals surface area contributed by atoms with Gasteiger partial charge in [0.15, 0.2) is 0 Å². The van der Waals surface area contributed by atoms with Crippen LogP contribution in [0.3, 0.4) is 0 Å². The molecule has 0 unspecified atom stereocenters. The summed E-state index contributed by atoms with van der Waals surface area (Å²) in [6, 6.07) is 0.125. The van der Waals surface area contributed by atoms with Gasteiger partial charge in [-0.2, -0.15) is 0 Å². The van der Waals surface area contributed by atoms with Crippen molar-refractivity contribution in [3.05, 3.63) is 0 Å². The summed E-state index contributed by atoms with van der Waals surface area (Å²) >= 11 is 0. The van der Waals surface area contributed by atoms with Gasteiger partial charge in [0.05, 0.1) is 6.04 Å². The summed E-state index contributed by atoms with van der Waals surface area (Å²) < 4.78 is 5.33. The van der Waals surface area contributed by atoms with Gasteiger partial charge in [0.1, 0.15) is 5.60 Å². The van der Waals surface area contributed by atoms with E-state index in [2.05, 4.69) is 33.0 Å². The lowest BCUT2D eigenvalue weighted by Gasteiger charge is -2.34. The molecule has 1 heterocycles. The predicted octanol–water partition coefficient (Wildman–Crippen LogP) is 2.17. The van der Waals surface area contributed by atoms with Gasteiger partial charge in [0, 0.05) is 0 Å². The Hall–Kier alpha value is -0.730. The van der Waals surface area contributed by atoms with Gasteiger partial charge in [0.25, 0.3) is 0 Å². The van der Waals surface area contributed by atoms with E-state index in [9.17, 15) is 4.79 Å². The molecule has 0 spiro atoms. The third-order valence-corrected chi connectivity index (χ3v) is 3.02. The number of hydrogen-bond acceptors (Lipinski definition) is 2. The number of hydrogen-bond donors (Lipinski definition) is 1. The molecule has 0 aromatic carbocycles. The van der Waals surface area contributed by atoms with Gasteiger partial charge in [-0.15, -0.1) is 0 Å². The number of ether oxygens (including phenoxy) is 1.